The molecule has 0 spiro atoms. The van der Waals surface area contributed by atoms with Crippen molar-refractivity contribution in [1.29, 1.82) is 0 Å². The highest BCUT2D eigenvalue weighted by Crippen LogP contribution is 2.20. The number of nitrogens with one attached hydrogen (secondary N) is 1. The van der Waals surface area contributed by atoms with E-state index in [4.69, 9.17) is 4.74 Å². The molecule has 0 aromatic rings. The first-order valence-electron chi connectivity index (χ1n) is 7.58. The molecule has 0 aromatic heterocycles. The van der Waals surface area contributed by atoms with Gasteiger partial charge in [0.15, 0.2) is 0 Å². The highest BCUT2D eigenvalue weighted by atomic mass is 16.5. The van der Waals surface area contributed by atoms with E-state index in [1.165, 1.54) is 25.7 Å². The smallest absolute Gasteiger partial charge is 0.317 e. The van der Waals surface area contributed by atoms with E-state index in [9.17, 15) is 9.90 Å². The number of aliphatic hydroxyl groups is 1. The van der Waals surface area contributed by atoms with Crippen molar-refractivity contribution in [1.82, 2.24) is 10.2 Å². The van der Waals surface area contributed by atoms with Gasteiger partial charge in [-0.05, 0) is 32.1 Å². The monoisotopic (exact) mass is 270 g/mol. The normalized spacial score (nSPS) is 24.7. The Morgan fingerprint density at radius 3 is 2.79 bits per heavy atom. The van der Waals surface area contributed by atoms with Gasteiger partial charge in [0.05, 0.1) is 12.2 Å². The summed E-state index contributed by atoms with van der Waals surface area (Å²) in [6.45, 7) is 2.59. The molecule has 1 saturated carbocycles. The van der Waals surface area contributed by atoms with Crippen LogP contribution in [-0.2, 0) is 4.74 Å². The van der Waals surface area contributed by atoms with Crippen LogP contribution >= 0.6 is 0 Å². The number of likely N-dealkylation sites (tertiary alicyclic amines) is 1. The van der Waals surface area contributed by atoms with E-state index in [1.54, 1.807) is 4.90 Å². The third kappa shape index (κ3) is 4.99. The summed E-state index contributed by atoms with van der Waals surface area (Å²) >= 11 is 0. The highest BCUT2D eigenvalue weighted by Gasteiger charge is 2.21. The maximum Gasteiger partial charge on any atom is 0.317 e. The summed E-state index contributed by atoms with van der Waals surface area (Å²) in [5, 5.41) is 12.4. The van der Waals surface area contributed by atoms with Crippen molar-refractivity contribution in [2.45, 2.75) is 57.2 Å². The summed E-state index contributed by atoms with van der Waals surface area (Å²) < 4.78 is 5.74. The van der Waals surface area contributed by atoms with Crippen molar-refractivity contribution in [2.75, 3.05) is 26.2 Å². The zero-order valence-electron chi connectivity index (χ0n) is 11.6. The van der Waals surface area contributed by atoms with Gasteiger partial charge in [-0.15, -0.1) is 0 Å². The fourth-order valence-corrected chi connectivity index (χ4v) is 2.82. The summed E-state index contributed by atoms with van der Waals surface area (Å²) in [6.07, 6.45) is 7.61. The van der Waals surface area contributed by atoms with Crippen molar-refractivity contribution < 1.29 is 14.6 Å². The third-order valence-electron chi connectivity index (χ3n) is 3.94. The van der Waals surface area contributed by atoms with Gasteiger partial charge in [-0.2, -0.15) is 0 Å². The van der Waals surface area contributed by atoms with Crippen LogP contribution in [0.4, 0.5) is 4.79 Å². The molecular formula is C14H26N2O3. The Balaban J connectivity index is 1.51. The van der Waals surface area contributed by atoms with Crippen LogP contribution in [0, 0.1) is 0 Å². The minimum atomic E-state index is -0.356. The Morgan fingerprint density at radius 1 is 1.26 bits per heavy atom. The molecule has 2 rings (SSSR count). The van der Waals surface area contributed by atoms with Crippen molar-refractivity contribution in [3.63, 3.8) is 0 Å². The standard InChI is InChI=1S/C14H26N2O3/c17-12-5-3-9-16(11-12)14(18)15-8-4-10-19-13-6-1-2-7-13/h12-13,17H,1-11H2,(H,15,18). The number of hydrogen-bond acceptors (Lipinski definition) is 3. The van der Waals surface area contributed by atoms with Crippen molar-refractivity contribution in [2.24, 2.45) is 0 Å². The first kappa shape index (κ1) is 14.6. The van der Waals surface area contributed by atoms with Crippen LogP contribution in [0.2, 0.25) is 0 Å². The van der Waals surface area contributed by atoms with Gasteiger partial charge < -0.3 is 20.1 Å². The van der Waals surface area contributed by atoms with Crippen LogP contribution in [0.5, 0.6) is 0 Å². The molecule has 1 atom stereocenters. The predicted octanol–water partition coefficient (Wildman–Crippen LogP) is 1.50. The van der Waals surface area contributed by atoms with Gasteiger partial charge in [0.2, 0.25) is 0 Å². The number of carbonyl (C=O) groups excluding carboxylic acids is 1. The Labute approximate surface area is 115 Å². The molecule has 2 fully saturated rings. The number of aliphatic hydroxyl groups excluding tert-OH is 1. The van der Waals surface area contributed by atoms with Crippen LogP contribution in [-0.4, -0.2) is 54.5 Å². The molecule has 110 valence electrons. The van der Waals surface area contributed by atoms with Crippen molar-refractivity contribution in [3.05, 3.63) is 0 Å². The number of β-amino-alcohol motifs (C(OH)–C–C–N with tert-alkyl or cyclic N) is 1. The molecule has 2 aliphatic rings. The number of amides is 2. The number of hydrogen-bond donors (Lipinski definition) is 2. The average Bonchev–Trinajstić information content (AvgIpc) is 2.91. The van der Waals surface area contributed by atoms with Gasteiger partial charge >= 0.3 is 6.03 Å². The summed E-state index contributed by atoms with van der Waals surface area (Å²) in [7, 11) is 0. The SMILES string of the molecule is O=C(NCCCOC1CCCC1)N1CCCC(O)C1. The van der Waals surface area contributed by atoms with Crippen LogP contribution in [0.1, 0.15) is 44.9 Å². The lowest BCUT2D eigenvalue weighted by Crippen LogP contribution is -2.47. The molecule has 19 heavy (non-hydrogen) atoms. The molecule has 1 aliphatic carbocycles. The molecule has 1 unspecified atom stereocenters. The number of urea groups is 1. The zero-order chi connectivity index (χ0) is 13.5. The first-order chi connectivity index (χ1) is 9.25. The molecular weight excluding hydrogens is 244 g/mol. The highest BCUT2D eigenvalue weighted by molar-refractivity contribution is 5.74. The van der Waals surface area contributed by atoms with Gasteiger partial charge in [0.1, 0.15) is 0 Å². The molecule has 0 bridgehead atoms. The number of carbonyl (C=O) groups is 1. The summed E-state index contributed by atoms with van der Waals surface area (Å²) in [5.41, 5.74) is 0. The number of piperidine rings is 1. The summed E-state index contributed by atoms with van der Waals surface area (Å²) in [4.78, 5) is 13.5. The Morgan fingerprint density at radius 2 is 2.05 bits per heavy atom. The van der Waals surface area contributed by atoms with E-state index >= 15 is 0 Å². The molecule has 1 aliphatic heterocycles. The molecule has 1 heterocycles. The maximum absolute atomic E-state index is 11.8. The van der Waals surface area contributed by atoms with E-state index in [2.05, 4.69) is 5.32 Å². The topological polar surface area (TPSA) is 61.8 Å². The number of ether oxygens (including phenoxy) is 1. The minimum absolute atomic E-state index is 0.0559. The van der Waals surface area contributed by atoms with Crippen molar-refractivity contribution >= 4 is 6.03 Å². The Bertz CT molecular complexity index is 280. The molecule has 0 radical (unpaired) electrons. The molecule has 5 nitrogen and oxygen atoms in total. The van der Waals surface area contributed by atoms with Crippen LogP contribution in [0.25, 0.3) is 0 Å². The fraction of sp³-hybridized carbons (Fsp3) is 0.929. The van der Waals surface area contributed by atoms with Gasteiger partial charge in [0, 0.05) is 26.2 Å². The zero-order valence-corrected chi connectivity index (χ0v) is 11.6. The second kappa shape index (κ2) is 7.70. The molecule has 1 saturated heterocycles. The Kier molecular flexibility index (Phi) is 5.92. The molecule has 0 aromatic carbocycles. The summed E-state index contributed by atoms with van der Waals surface area (Å²) in [5.74, 6) is 0. The number of rotatable bonds is 5. The van der Waals surface area contributed by atoms with E-state index in [-0.39, 0.29) is 12.1 Å². The molecule has 5 heteroatoms. The van der Waals surface area contributed by atoms with Crippen LogP contribution < -0.4 is 5.32 Å². The lowest BCUT2D eigenvalue weighted by molar-refractivity contribution is 0.0564. The lowest BCUT2D eigenvalue weighted by Gasteiger charge is -2.30. The predicted molar refractivity (Wildman–Crippen MR) is 73.0 cm³/mol. The van der Waals surface area contributed by atoms with Crippen molar-refractivity contribution in [3.8, 4) is 0 Å². The van der Waals surface area contributed by atoms with E-state index in [1.807, 2.05) is 0 Å². The fourth-order valence-electron chi connectivity index (χ4n) is 2.82. The van der Waals surface area contributed by atoms with Gasteiger partial charge in [-0.1, -0.05) is 12.8 Å². The average molecular weight is 270 g/mol. The summed E-state index contributed by atoms with van der Waals surface area (Å²) in [6, 6.07) is -0.0559. The quantitative estimate of drug-likeness (QED) is 0.744. The minimum Gasteiger partial charge on any atom is -0.391 e. The molecule has 2 amide bonds. The first-order valence-corrected chi connectivity index (χ1v) is 7.58. The second-order valence-corrected chi connectivity index (χ2v) is 5.60. The van der Waals surface area contributed by atoms with E-state index in [0.29, 0.717) is 19.2 Å². The van der Waals surface area contributed by atoms with Crippen LogP contribution in [0.3, 0.4) is 0 Å². The lowest BCUT2D eigenvalue weighted by atomic mass is 10.1. The largest absolute Gasteiger partial charge is 0.391 e. The van der Waals surface area contributed by atoms with Gasteiger partial charge in [-0.25, -0.2) is 4.79 Å². The maximum atomic E-state index is 11.8. The number of nitrogens with zero attached hydrogens (tertiary/aromatic N) is 1. The van der Waals surface area contributed by atoms with Gasteiger partial charge in [0.25, 0.3) is 0 Å². The third-order valence-corrected chi connectivity index (χ3v) is 3.94. The van der Waals surface area contributed by atoms with E-state index in [0.717, 1.165) is 32.4 Å². The van der Waals surface area contributed by atoms with E-state index < -0.39 is 0 Å². The second-order valence-electron chi connectivity index (χ2n) is 5.60. The van der Waals surface area contributed by atoms with Crippen LogP contribution in [0.15, 0.2) is 0 Å². The van der Waals surface area contributed by atoms with Gasteiger partial charge in [-0.3, -0.25) is 0 Å². The Hall–Kier alpha value is -0.810. The molecule has 2 N–H and O–H groups in total.